The molecule has 2 rings (SSSR count). The van der Waals surface area contributed by atoms with Gasteiger partial charge in [-0.05, 0) is 12.8 Å². The predicted molar refractivity (Wildman–Crippen MR) is 50.9 cm³/mol. The summed E-state index contributed by atoms with van der Waals surface area (Å²) in [5, 5.41) is 0.583. The fraction of sp³-hybridized carbons (Fsp3) is 0.444. The van der Waals surface area contributed by atoms with Crippen LogP contribution in [0.4, 0.5) is 0 Å². The van der Waals surface area contributed by atoms with Crippen LogP contribution in [-0.4, -0.2) is 17.1 Å². The Morgan fingerprint density at radius 1 is 1.54 bits per heavy atom. The van der Waals surface area contributed by atoms with Crippen LogP contribution in [0.3, 0.4) is 0 Å². The van der Waals surface area contributed by atoms with E-state index in [0.717, 1.165) is 12.8 Å². The van der Waals surface area contributed by atoms with E-state index in [4.69, 9.17) is 22.1 Å². The summed E-state index contributed by atoms with van der Waals surface area (Å²) in [5.74, 6) is 0.684. The van der Waals surface area contributed by atoms with Gasteiger partial charge >= 0.3 is 0 Å². The SMILES string of the molecule is NC1(COc2cncc(Cl)c2)CC1. The molecule has 1 aliphatic carbocycles. The average Bonchev–Trinajstić information content (AvgIpc) is 2.82. The standard InChI is InChI=1S/C9H11ClN2O/c10-7-3-8(5-12-4-7)13-6-9(11)1-2-9/h3-5H,1-2,6,11H2. The van der Waals surface area contributed by atoms with E-state index in [2.05, 4.69) is 4.98 Å². The molecule has 0 spiro atoms. The summed E-state index contributed by atoms with van der Waals surface area (Å²) in [5.41, 5.74) is 5.76. The maximum atomic E-state index is 5.85. The summed E-state index contributed by atoms with van der Waals surface area (Å²) in [6.45, 7) is 0.551. The molecule has 1 fully saturated rings. The van der Waals surface area contributed by atoms with Crippen molar-refractivity contribution in [2.45, 2.75) is 18.4 Å². The third-order valence-corrected chi connectivity index (χ3v) is 2.31. The van der Waals surface area contributed by atoms with Gasteiger partial charge in [0.25, 0.3) is 0 Å². The first kappa shape index (κ1) is 8.78. The van der Waals surface area contributed by atoms with Crippen molar-refractivity contribution in [2.24, 2.45) is 5.73 Å². The molecule has 4 heteroatoms. The van der Waals surface area contributed by atoms with Gasteiger partial charge in [0.1, 0.15) is 12.4 Å². The van der Waals surface area contributed by atoms with Crippen molar-refractivity contribution < 1.29 is 4.74 Å². The summed E-state index contributed by atoms with van der Waals surface area (Å²) in [7, 11) is 0. The second-order valence-corrected chi connectivity index (χ2v) is 3.93. The van der Waals surface area contributed by atoms with Crippen LogP contribution in [0.15, 0.2) is 18.5 Å². The van der Waals surface area contributed by atoms with Gasteiger partial charge in [-0.15, -0.1) is 0 Å². The van der Waals surface area contributed by atoms with E-state index < -0.39 is 0 Å². The molecule has 1 aromatic heterocycles. The van der Waals surface area contributed by atoms with Crippen LogP contribution in [-0.2, 0) is 0 Å². The molecule has 0 unspecified atom stereocenters. The number of nitrogens with two attached hydrogens (primary N) is 1. The van der Waals surface area contributed by atoms with Crippen LogP contribution in [0.1, 0.15) is 12.8 Å². The molecule has 0 radical (unpaired) electrons. The van der Waals surface area contributed by atoms with Gasteiger partial charge in [0.15, 0.2) is 0 Å². The highest BCUT2D eigenvalue weighted by Crippen LogP contribution is 2.32. The minimum absolute atomic E-state index is 0.0949. The fourth-order valence-electron chi connectivity index (χ4n) is 1.00. The van der Waals surface area contributed by atoms with E-state index in [9.17, 15) is 0 Å². The highest BCUT2D eigenvalue weighted by Gasteiger charge is 2.39. The Hall–Kier alpha value is -0.800. The average molecular weight is 199 g/mol. The fourth-order valence-corrected chi connectivity index (χ4v) is 1.17. The molecule has 1 aliphatic rings. The van der Waals surface area contributed by atoms with Crippen molar-refractivity contribution in [1.29, 1.82) is 0 Å². The molecule has 0 atom stereocenters. The lowest BCUT2D eigenvalue weighted by molar-refractivity contribution is 0.278. The molecular formula is C9H11ClN2O. The lowest BCUT2D eigenvalue weighted by Crippen LogP contribution is -2.29. The molecule has 1 saturated carbocycles. The molecular weight excluding hydrogens is 188 g/mol. The number of hydrogen-bond donors (Lipinski definition) is 1. The van der Waals surface area contributed by atoms with Gasteiger partial charge in [-0.3, -0.25) is 4.98 Å². The van der Waals surface area contributed by atoms with E-state index in [1.165, 1.54) is 0 Å². The second-order valence-electron chi connectivity index (χ2n) is 3.49. The number of hydrogen-bond acceptors (Lipinski definition) is 3. The third kappa shape index (κ3) is 2.32. The molecule has 0 bridgehead atoms. The van der Waals surface area contributed by atoms with Gasteiger partial charge in [-0.25, -0.2) is 0 Å². The normalized spacial score (nSPS) is 18.3. The van der Waals surface area contributed by atoms with Crippen LogP contribution in [0.25, 0.3) is 0 Å². The van der Waals surface area contributed by atoms with Crippen molar-refractivity contribution in [3.05, 3.63) is 23.5 Å². The zero-order valence-corrected chi connectivity index (χ0v) is 7.92. The largest absolute Gasteiger partial charge is 0.490 e. The highest BCUT2D eigenvalue weighted by molar-refractivity contribution is 6.30. The Morgan fingerprint density at radius 3 is 2.92 bits per heavy atom. The molecule has 0 amide bonds. The number of halogens is 1. The Labute approximate surface area is 81.9 Å². The van der Waals surface area contributed by atoms with Crippen molar-refractivity contribution in [3.8, 4) is 5.75 Å². The highest BCUT2D eigenvalue weighted by atomic mass is 35.5. The van der Waals surface area contributed by atoms with Crippen molar-refractivity contribution >= 4 is 11.6 Å². The van der Waals surface area contributed by atoms with Crippen molar-refractivity contribution in [3.63, 3.8) is 0 Å². The lowest BCUT2D eigenvalue weighted by Gasteiger charge is -2.10. The van der Waals surface area contributed by atoms with Gasteiger partial charge < -0.3 is 10.5 Å². The maximum absolute atomic E-state index is 5.85. The second kappa shape index (κ2) is 3.16. The first-order valence-corrected chi connectivity index (χ1v) is 4.58. The van der Waals surface area contributed by atoms with E-state index in [1.807, 2.05) is 0 Å². The third-order valence-electron chi connectivity index (χ3n) is 2.10. The van der Waals surface area contributed by atoms with Crippen molar-refractivity contribution in [1.82, 2.24) is 4.98 Å². The van der Waals surface area contributed by atoms with Gasteiger partial charge in [-0.2, -0.15) is 0 Å². The van der Waals surface area contributed by atoms with Crippen LogP contribution in [0.5, 0.6) is 5.75 Å². The number of nitrogens with zero attached hydrogens (tertiary/aromatic N) is 1. The van der Waals surface area contributed by atoms with E-state index >= 15 is 0 Å². The maximum Gasteiger partial charge on any atom is 0.139 e. The number of rotatable bonds is 3. The molecule has 1 heterocycles. The van der Waals surface area contributed by atoms with Crippen molar-refractivity contribution in [2.75, 3.05) is 6.61 Å². The Morgan fingerprint density at radius 2 is 2.31 bits per heavy atom. The van der Waals surface area contributed by atoms with E-state index in [0.29, 0.717) is 17.4 Å². The molecule has 2 N–H and O–H groups in total. The zero-order valence-electron chi connectivity index (χ0n) is 7.16. The predicted octanol–water partition coefficient (Wildman–Crippen LogP) is 1.61. The number of aromatic nitrogens is 1. The monoisotopic (exact) mass is 198 g/mol. The summed E-state index contributed by atoms with van der Waals surface area (Å²) < 4.78 is 5.44. The molecule has 0 aromatic carbocycles. The van der Waals surface area contributed by atoms with Gasteiger partial charge in [0, 0.05) is 12.3 Å². The summed E-state index contributed by atoms with van der Waals surface area (Å²) in [6, 6.07) is 1.74. The Bertz CT molecular complexity index is 312. The minimum Gasteiger partial charge on any atom is -0.490 e. The molecule has 0 saturated heterocycles. The van der Waals surface area contributed by atoms with E-state index in [-0.39, 0.29) is 5.54 Å². The molecule has 13 heavy (non-hydrogen) atoms. The van der Waals surface area contributed by atoms with Crippen LogP contribution < -0.4 is 10.5 Å². The molecule has 3 nitrogen and oxygen atoms in total. The first-order chi connectivity index (χ1) is 6.18. The quantitative estimate of drug-likeness (QED) is 0.803. The smallest absolute Gasteiger partial charge is 0.139 e. The number of ether oxygens (including phenoxy) is 1. The van der Waals surface area contributed by atoms with Gasteiger partial charge in [-0.1, -0.05) is 11.6 Å². The van der Waals surface area contributed by atoms with Crippen LogP contribution in [0.2, 0.25) is 5.02 Å². The minimum atomic E-state index is -0.0949. The number of pyridine rings is 1. The topological polar surface area (TPSA) is 48.1 Å². The first-order valence-electron chi connectivity index (χ1n) is 4.20. The molecule has 0 aliphatic heterocycles. The van der Waals surface area contributed by atoms with E-state index in [1.54, 1.807) is 18.5 Å². The molecule has 1 aromatic rings. The van der Waals surface area contributed by atoms with Gasteiger partial charge in [0.05, 0.1) is 16.8 Å². The zero-order chi connectivity index (χ0) is 9.31. The Kier molecular flexibility index (Phi) is 2.14. The summed E-state index contributed by atoms with van der Waals surface area (Å²) >= 11 is 5.74. The summed E-state index contributed by atoms with van der Waals surface area (Å²) in [6.07, 6.45) is 5.30. The lowest BCUT2D eigenvalue weighted by atomic mass is 10.3. The molecule has 70 valence electrons. The van der Waals surface area contributed by atoms with Crippen LogP contribution >= 0.6 is 11.6 Å². The van der Waals surface area contributed by atoms with Crippen LogP contribution in [0, 0.1) is 0 Å². The summed E-state index contributed by atoms with van der Waals surface area (Å²) in [4.78, 5) is 3.91. The van der Waals surface area contributed by atoms with Gasteiger partial charge in [0.2, 0.25) is 0 Å². The Balaban J connectivity index is 1.94.